The van der Waals surface area contributed by atoms with E-state index in [1.807, 2.05) is 19.1 Å². The van der Waals surface area contributed by atoms with E-state index in [1.165, 1.54) is 0 Å². The molecule has 20 heavy (non-hydrogen) atoms. The maximum absolute atomic E-state index is 9.57. The van der Waals surface area contributed by atoms with Crippen molar-refractivity contribution in [2.75, 3.05) is 40.1 Å². The fourth-order valence-electron chi connectivity index (χ4n) is 1.49. The molecule has 0 aliphatic heterocycles. The highest BCUT2D eigenvalue weighted by atomic mass is 16.5. The van der Waals surface area contributed by atoms with Crippen molar-refractivity contribution in [2.24, 2.45) is 0 Å². The van der Waals surface area contributed by atoms with E-state index < -0.39 is 6.10 Å². The van der Waals surface area contributed by atoms with Crippen LogP contribution in [0.5, 0.6) is 5.75 Å². The highest BCUT2D eigenvalue weighted by Crippen LogP contribution is 2.09. The number of rotatable bonds is 11. The Morgan fingerprint density at radius 3 is 2.85 bits per heavy atom. The molecule has 0 aliphatic rings. The molecule has 0 amide bonds. The first kappa shape index (κ1) is 16.8. The smallest absolute Gasteiger partial charge is 0.137 e. The Bertz CT molecular complexity index is 346. The van der Waals surface area contributed by atoms with Crippen LogP contribution in [-0.4, -0.2) is 56.3 Å². The van der Waals surface area contributed by atoms with Crippen molar-refractivity contribution in [3.8, 4) is 5.75 Å². The van der Waals surface area contributed by atoms with Gasteiger partial charge in [0, 0.05) is 26.8 Å². The molecule has 1 aromatic heterocycles. The molecule has 1 heterocycles. The minimum atomic E-state index is -0.620. The Morgan fingerprint density at radius 1 is 1.35 bits per heavy atom. The number of aliphatic hydroxyl groups excluding tert-OH is 1. The number of aromatic nitrogens is 1. The normalized spacial score (nSPS) is 12.3. The summed E-state index contributed by atoms with van der Waals surface area (Å²) in [7, 11) is 1.67. The second-order valence-electron chi connectivity index (χ2n) is 4.28. The topological polar surface area (TPSA) is 72.8 Å². The molecule has 114 valence electrons. The molecule has 0 aliphatic carbocycles. The third-order valence-electron chi connectivity index (χ3n) is 2.54. The van der Waals surface area contributed by atoms with E-state index in [2.05, 4.69) is 10.3 Å². The average molecular weight is 284 g/mol. The number of nitrogens with zero attached hydrogens (tertiary/aromatic N) is 1. The van der Waals surface area contributed by atoms with Gasteiger partial charge in [-0.1, -0.05) is 0 Å². The van der Waals surface area contributed by atoms with Crippen LogP contribution in [0.1, 0.15) is 12.6 Å². The third kappa shape index (κ3) is 7.40. The number of nitrogens with one attached hydrogen (secondary N) is 1. The molecule has 0 aromatic carbocycles. The van der Waals surface area contributed by atoms with Gasteiger partial charge in [-0.25, -0.2) is 0 Å². The van der Waals surface area contributed by atoms with Crippen molar-refractivity contribution < 1.29 is 19.3 Å². The molecule has 1 aromatic rings. The van der Waals surface area contributed by atoms with Gasteiger partial charge in [0.25, 0.3) is 0 Å². The first-order valence-electron chi connectivity index (χ1n) is 6.79. The first-order valence-corrected chi connectivity index (χ1v) is 6.79. The lowest BCUT2D eigenvalue weighted by Crippen LogP contribution is -2.23. The number of hydrogen-bond donors (Lipinski definition) is 2. The van der Waals surface area contributed by atoms with Crippen LogP contribution in [-0.2, 0) is 16.0 Å². The van der Waals surface area contributed by atoms with E-state index in [0.29, 0.717) is 25.5 Å². The summed E-state index contributed by atoms with van der Waals surface area (Å²) in [5.41, 5.74) is 0.934. The van der Waals surface area contributed by atoms with Gasteiger partial charge in [0.1, 0.15) is 18.5 Å². The Morgan fingerprint density at radius 2 is 2.20 bits per heavy atom. The Kier molecular flexibility index (Phi) is 8.90. The zero-order valence-electron chi connectivity index (χ0n) is 12.2. The number of methoxy groups -OCH3 is 1. The quantitative estimate of drug-likeness (QED) is 0.580. The lowest BCUT2D eigenvalue weighted by atomic mass is 10.3. The fourth-order valence-corrected chi connectivity index (χ4v) is 1.49. The molecular weight excluding hydrogens is 260 g/mol. The van der Waals surface area contributed by atoms with E-state index in [4.69, 9.17) is 14.2 Å². The molecule has 6 nitrogen and oxygen atoms in total. The summed E-state index contributed by atoms with van der Waals surface area (Å²) in [6.45, 7) is 5.12. The van der Waals surface area contributed by atoms with Gasteiger partial charge in [0.15, 0.2) is 0 Å². The molecule has 0 radical (unpaired) electrons. The van der Waals surface area contributed by atoms with Gasteiger partial charge in [-0.3, -0.25) is 4.98 Å². The third-order valence-corrected chi connectivity index (χ3v) is 2.54. The molecule has 0 saturated carbocycles. The van der Waals surface area contributed by atoms with Gasteiger partial charge < -0.3 is 24.6 Å². The predicted octanol–water partition coefficient (Wildman–Crippen LogP) is 0.594. The molecule has 6 heteroatoms. The van der Waals surface area contributed by atoms with Gasteiger partial charge in [0.05, 0.1) is 25.1 Å². The largest absolute Gasteiger partial charge is 0.489 e. The number of ether oxygens (including phenoxy) is 3. The highest BCUT2D eigenvalue weighted by Gasteiger charge is 2.05. The Labute approximate surface area is 120 Å². The molecule has 1 rings (SSSR count). The molecule has 0 saturated heterocycles. The maximum Gasteiger partial charge on any atom is 0.137 e. The zero-order valence-corrected chi connectivity index (χ0v) is 12.2. The van der Waals surface area contributed by atoms with Crippen LogP contribution in [0, 0.1) is 0 Å². The monoisotopic (exact) mass is 284 g/mol. The van der Waals surface area contributed by atoms with Gasteiger partial charge in [-0.15, -0.1) is 0 Å². The average Bonchev–Trinajstić information content (AvgIpc) is 2.48. The van der Waals surface area contributed by atoms with Gasteiger partial charge >= 0.3 is 0 Å². The van der Waals surface area contributed by atoms with Crippen LogP contribution in [0.25, 0.3) is 0 Å². The molecular formula is C14H24N2O4. The van der Waals surface area contributed by atoms with Crippen molar-refractivity contribution in [3.05, 3.63) is 24.0 Å². The van der Waals surface area contributed by atoms with Crippen molar-refractivity contribution in [1.29, 1.82) is 0 Å². The highest BCUT2D eigenvalue weighted by molar-refractivity contribution is 5.19. The van der Waals surface area contributed by atoms with Crippen molar-refractivity contribution >= 4 is 0 Å². The van der Waals surface area contributed by atoms with Crippen LogP contribution in [0.3, 0.4) is 0 Å². The first-order chi connectivity index (χ1) is 9.76. The van der Waals surface area contributed by atoms with Crippen LogP contribution in [0.4, 0.5) is 0 Å². The summed E-state index contributed by atoms with van der Waals surface area (Å²) in [5, 5.41) is 12.8. The van der Waals surface area contributed by atoms with Crippen LogP contribution < -0.4 is 10.1 Å². The Balaban J connectivity index is 2.24. The summed E-state index contributed by atoms with van der Waals surface area (Å²) in [4.78, 5) is 4.28. The second-order valence-corrected chi connectivity index (χ2v) is 4.28. The lowest BCUT2D eigenvalue weighted by Gasteiger charge is -2.12. The summed E-state index contributed by atoms with van der Waals surface area (Å²) < 4.78 is 15.5. The number of pyridine rings is 1. The molecule has 1 unspecified atom stereocenters. The van der Waals surface area contributed by atoms with Crippen LogP contribution in [0.15, 0.2) is 18.3 Å². The fraction of sp³-hybridized carbons (Fsp3) is 0.643. The standard InChI is InChI=1S/C14H24N2O4/c1-3-19-10-13(17)11-20-14-5-4-12(16-9-14)8-15-6-7-18-2/h4-5,9,13,15,17H,3,6-8,10-11H2,1-2H3. The van der Waals surface area contributed by atoms with E-state index in [9.17, 15) is 5.11 Å². The summed E-state index contributed by atoms with van der Waals surface area (Å²) in [5.74, 6) is 0.640. The van der Waals surface area contributed by atoms with Crippen molar-refractivity contribution in [2.45, 2.75) is 19.6 Å². The minimum absolute atomic E-state index is 0.202. The maximum atomic E-state index is 9.57. The Hall–Kier alpha value is -1.21. The summed E-state index contributed by atoms with van der Waals surface area (Å²) >= 11 is 0. The molecule has 2 N–H and O–H groups in total. The summed E-state index contributed by atoms with van der Waals surface area (Å²) in [6.07, 6.45) is 1.03. The van der Waals surface area contributed by atoms with Gasteiger partial charge in [-0.2, -0.15) is 0 Å². The zero-order chi connectivity index (χ0) is 14.6. The molecule has 0 fully saturated rings. The molecule has 1 atom stereocenters. The SMILES string of the molecule is CCOCC(O)COc1ccc(CNCCOC)nc1. The van der Waals surface area contributed by atoms with Crippen LogP contribution in [0.2, 0.25) is 0 Å². The number of hydrogen-bond acceptors (Lipinski definition) is 6. The van der Waals surface area contributed by atoms with E-state index in [0.717, 1.165) is 12.2 Å². The molecule has 0 spiro atoms. The van der Waals surface area contributed by atoms with Crippen molar-refractivity contribution in [1.82, 2.24) is 10.3 Å². The molecule has 0 bridgehead atoms. The van der Waals surface area contributed by atoms with Crippen molar-refractivity contribution in [3.63, 3.8) is 0 Å². The minimum Gasteiger partial charge on any atom is -0.489 e. The van der Waals surface area contributed by atoms with E-state index >= 15 is 0 Å². The van der Waals surface area contributed by atoms with Crippen LogP contribution >= 0.6 is 0 Å². The predicted molar refractivity (Wildman–Crippen MR) is 75.8 cm³/mol. The van der Waals surface area contributed by atoms with Gasteiger partial charge in [-0.05, 0) is 19.1 Å². The summed E-state index contributed by atoms with van der Waals surface area (Å²) in [6, 6.07) is 3.73. The lowest BCUT2D eigenvalue weighted by molar-refractivity contribution is 0.0164. The van der Waals surface area contributed by atoms with E-state index in [1.54, 1.807) is 13.3 Å². The second kappa shape index (κ2) is 10.6. The number of aliphatic hydroxyl groups is 1. The van der Waals surface area contributed by atoms with E-state index in [-0.39, 0.29) is 13.2 Å². The van der Waals surface area contributed by atoms with Gasteiger partial charge in [0.2, 0.25) is 0 Å².